The van der Waals surface area contributed by atoms with E-state index in [4.69, 9.17) is 0 Å². The van der Waals surface area contributed by atoms with E-state index < -0.39 is 0 Å². The third-order valence-electron chi connectivity index (χ3n) is 16.1. The Kier molecular flexibility index (Phi) is 18.5. The molecule has 0 N–H and O–H groups in total. The zero-order valence-electron chi connectivity index (χ0n) is 50.9. The van der Waals surface area contributed by atoms with E-state index in [-0.39, 0.29) is 19.3 Å². The van der Waals surface area contributed by atoms with Crippen LogP contribution in [-0.2, 0) is 5.41 Å². The Labute approximate surface area is 483 Å². The van der Waals surface area contributed by atoms with E-state index in [1.807, 2.05) is 10.2 Å². The number of benzene rings is 8. The van der Waals surface area contributed by atoms with Crippen LogP contribution in [0.1, 0.15) is 229 Å². The molecule has 8 aromatic carbocycles. The molecule has 2 heteroatoms. The first-order valence-electron chi connectivity index (χ1n) is 29.4. The second-order valence-electron chi connectivity index (χ2n) is 25.7. The molecule has 0 aliphatic heterocycles. The van der Waals surface area contributed by atoms with Crippen LogP contribution in [0.25, 0.3) is 66.8 Å². The molecule has 78 heavy (non-hydrogen) atoms. The van der Waals surface area contributed by atoms with Crippen molar-refractivity contribution in [2.45, 2.75) is 189 Å². The Morgan fingerprint density at radius 1 is 0.295 bits per heavy atom. The van der Waals surface area contributed by atoms with Crippen LogP contribution in [0.15, 0.2) is 157 Å². The van der Waals surface area contributed by atoms with Gasteiger partial charge in [0.2, 0.25) is 0 Å². The maximum atomic E-state index is 2.56. The van der Waals surface area contributed by atoms with Crippen LogP contribution in [0.5, 0.6) is 0 Å². The fourth-order valence-electron chi connectivity index (χ4n) is 11.9. The fourth-order valence-corrected chi connectivity index (χ4v) is 16.2. The molecular weight excluding hydrogens is 1020 g/mol. The molecule has 0 nitrogen and oxygen atoms in total. The Morgan fingerprint density at radius 2 is 0.526 bits per heavy atom. The van der Waals surface area contributed by atoms with Crippen molar-refractivity contribution in [3.05, 3.63) is 202 Å². The first-order chi connectivity index (χ1) is 37.0. The SMILES string of the molecule is CC(C)c1cccc(C(C)C)c1-c1cc(-c2cccc(-c3cc(-c4c(C(C)C)cccc4C(C)C)cc(-c4c(C(C)C)cccc4C(C)C)c3)c2[Se]Sc2ccc(C(C)(C)C)cc2)cc(-c2c(C(C)C)cccc2C(C)C)c1. The zero-order chi connectivity index (χ0) is 56.5. The van der Waals surface area contributed by atoms with Gasteiger partial charge in [-0.3, -0.25) is 0 Å². The number of hydrogen-bond acceptors (Lipinski definition) is 1. The molecule has 0 bridgehead atoms. The van der Waals surface area contributed by atoms with E-state index in [0.717, 1.165) is 0 Å². The van der Waals surface area contributed by atoms with Gasteiger partial charge in [0.1, 0.15) is 0 Å². The summed E-state index contributed by atoms with van der Waals surface area (Å²) >= 11 is -0.0305. The van der Waals surface area contributed by atoms with Gasteiger partial charge in [-0.15, -0.1) is 0 Å². The van der Waals surface area contributed by atoms with Crippen molar-refractivity contribution in [3.63, 3.8) is 0 Å². The van der Waals surface area contributed by atoms with Crippen molar-refractivity contribution in [3.8, 4) is 66.8 Å². The van der Waals surface area contributed by atoms with Gasteiger partial charge in [0.05, 0.1) is 0 Å². The molecule has 406 valence electrons. The quantitative estimate of drug-likeness (QED) is 0.0819. The topological polar surface area (TPSA) is 0 Å². The average molecular weight is 1110 g/mol. The van der Waals surface area contributed by atoms with E-state index in [1.165, 1.54) is 126 Å². The fraction of sp³-hybridized carbons (Fsp3) is 0.368. The molecule has 0 saturated heterocycles. The van der Waals surface area contributed by atoms with Crippen molar-refractivity contribution >= 4 is 28.5 Å². The second kappa shape index (κ2) is 24.6. The molecule has 0 aromatic heterocycles. The van der Waals surface area contributed by atoms with Gasteiger partial charge in [0.15, 0.2) is 0 Å². The van der Waals surface area contributed by atoms with Gasteiger partial charge in [0, 0.05) is 0 Å². The van der Waals surface area contributed by atoms with Gasteiger partial charge in [-0.05, 0) is 0 Å². The van der Waals surface area contributed by atoms with E-state index in [2.05, 4.69) is 283 Å². The molecule has 0 fully saturated rings. The van der Waals surface area contributed by atoms with E-state index in [0.29, 0.717) is 47.3 Å². The summed E-state index contributed by atoms with van der Waals surface area (Å²) in [6.45, 7) is 44.8. The predicted molar refractivity (Wildman–Crippen MR) is 348 cm³/mol. The summed E-state index contributed by atoms with van der Waals surface area (Å²) in [4.78, 5) is 1.31. The summed E-state index contributed by atoms with van der Waals surface area (Å²) < 4.78 is 1.42. The summed E-state index contributed by atoms with van der Waals surface area (Å²) in [5.41, 5.74) is 28.7. The van der Waals surface area contributed by atoms with Crippen LogP contribution >= 0.6 is 10.2 Å². The standard InChI is InChI=1S/C76H90SSe/c1-45(2)61-25-20-26-62(46(3)4)71(61)55-39-53(40-56(43-55)72-63(47(5)6)27-21-28-64(72)48(7)8)69-33-24-34-70(75(69)78-77-60-37-35-59(36-38-60)76(17,18)19)54-41-57(73-65(49(9)10)29-22-30-66(73)50(11)12)44-58(42-54)74-67(51(13)14)31-23-32-68(74)52(15)16/h20-52H,1-19H3. The Balaban J connectivity index is 1.52. The summed E-state index contributed by atoms with van der Waals surface area (Å²) in [6, 6.07) is 60.2. The summed E-state index contributed by atoms with van der Waals surface area (Å²) in [7, 11) is 2.03. The van der Waals surface area contributed by atoms with Gasteiger partial charge >= 0.3 is 486 Å². The number of rotatable bonds is 17. The first kappa shape index (κ1) is 58.8. The van der Waals surface area contributed by atoms with Crippen LogP contribution in [0.2, 0.25) is 0 Å². The van der Waals surface area contributed by atoms with Crippen LogP contribution < -0.4 is 4.46 Å². The van der Waals surface area contributed by atoms with Crippen molar-refractivity contribution in [2.24, 2.45) is 0 Å². The Bertz CT molecular complexity index is 2920. The van der Waals surface area contributed by atoms with Crippen LogP contribution in [-0.4, -0.2) is 13.8 Å². The van der Waals surface area contributed by atoms with Gasteiger partial charge in [-0.1, -0.05) is 0 Å². The zero-order valence-corrected chi connectivity index (χ0v) is 53.4. The normalized spacial score (nSPS) is 12.3. The molecular formula is C76H90SSe. The van der Waals surface area contributed by atoms with Crippen LogP contribution in [0.3, 0.4) is 0 Å². The molecule has 0 amide bonds. The minimum atomic E-state index is -0.0305. The molecule has 0 atom stereocenters. The van der Waals surface area contributed by atoms with Crippen molar-refractivity contribution in [1.29, 1.82) is 0 Å². The third-order valence-corrected chi connectivity index (χ3v) is 20.5. The first-order valence-corrected chi connectivity index (χ1v) is 33.1. The average Bonchev–Trinajstić information content (AvgIpc) is 3.40. The van der Waals surface area contributed by atoms with E-state index in [9.17, 15) is 0 Å². The summed E-state index contributed by atoms with van der Waals surface area (Å²) in [5, 5.41) is 0. The van der Waals surface area contributed by atoms with Gasteiger partial charge in [0.25, 0.3) is 0 Å². The molecule has 8 aromatic rings. The molecule has 0 radical (unpaired) electrons. The molecule has 0 aliphatic rings. The predicted octanol–water partition coefficient (Wildman–Crippen LogP) is 23.0. The van der Waals surface area contributed by atoms with Crippen molar-refractivity contribution in [1.82, 2.24) is 0 Å². The molecule has 0 heterocycles. The van der Waals surface area contributed by atoms with Crippen LogP contribution in [0, 0.1) is 0 Å². The van der Waals surface area contributed by atoms with Crippen molar-refractivity contribution in [2.75, 3.05) is 0 Å². The second-order valence-corrected chi connectivity index (χ2v) is 29.5. The Hall–Kier alpha value is -5.37. The molecule has 0 spiro atoms. The maximum absolute atomic E-state index is 2.56. The Morgan fingerprint density at radius 3 is 0.756 bits per heavy atom. The summed E-state index contributed by atoms with van der Waals surface area (Å²) in [5.74, 6) is 2.88. The van der Waals surface area contributed by atoms with E-state index >= 15 is 0 Å². The number of hydrogen-bond donors (Lipinski definition) is 0. The van der Waals surface area contributed by atoms with E-state index in [1.54, 1.807) is 0 Å². The van der Waals surface area contributed by atoms with Crippen LogP contribution in [0.4, 0.5) is 0 Å². The third kappa shape index (κ3) is 12.5. The van der Waals surface area contributed by atoms with Crippen molar-refractivity contribution < 1.29 is 0 Å². The van der Waals surface area contributed by atoms with Gasteiger partial charge in [-0.2, -0.15) is 0 Å². The minimum absolute atomic E-state index is 0.0305. The molecule has 8 rings (SSSR count). The monoisotopic (exact) mass is 1110 g/mol. The molecule has 0 unspecified atom stereocenters. The summed E-state index contributed by atoms with van der Waals surface area (Å²) in [6.07, 6.45) is 0. The van der Waals surface area contributed by atoms with Gasteiger partial charge < -0.3 is 0 Å². The van der Waals surface area contributed by atoms with Gasteiger partial charge in [-0.25, -0.2) is 0 Å². The molecule has 0 aliphatic carbocycles. The molecule has 0 saturated carbocycles.